The molecule has 1 aromatic heterocycles. The number of aromatic nitrogens is 2. The van der Waals surface area contributed by atoms with Crippen LogP contribution in [0.5, 0.6) is 0 Å². The van der Waals surface area contributed by atoms with Gasteiger partial charge in [-0.2, -0.15) is 5.10 Å². The van der Waals surface area contributed by atoms with E-state index in [1.54, 1.807) is 13.1 Å². The minimum atomic E-state index is -0.722. The van der Waals surface area contributed by atoms with Gasteiger partial charge in [0.05, 0.1) is 11.9 Å². The minimum absolute atomic E-state index is 0.322. The van der Waals surface area contributed by atoms with E-state index in [0.717, 1.165) is 17.1 Å². The Labute approximate surface area is 98.8 Å². The zero-order chi connectivity index (χ0) is 12.4. The van der Waals surface area contributed by atoms with Crippen molar-refractivity contribution in [3.8, 4) is 0 Å². The van der Waals surface area contributed by atoms with E-state index in [1.165, 1.54) is 18.9 Å². The monoisotopic (exact) mass is 236 g/mol. The number of nitrogens with zero attached hydrogens (tertiary/aromatic N) is 2. The quantitative estimate of drug-likeness (QED) is 0.759. The molecular weight excluding hydrogens is 220 g/mol. The zero-order valence-corrected chi connectivity index (χ0v) is 9.72. The van der Waals surface area contributed by atoms with E-state index in [0.29, 0.717) is 5.69 Å². The maximum Gasteiger partial charge on any atom is 0.269 e. The highest BCUT2D eigenvalue weighted by atomic mass is 16.2. The standard InChI is InChI=1S/C11H16N4O2/c1-7(11(12)17)15-10(16)4-9(6-14-15)13-5-8-2-3-8/h4,6-8,13H,2-3,5H2,1H3,(H2,12,17). The van der Waals surface area contributed by atoms with Crippen molar-refractivity contribution in [2.45, 2.75) is 25.8 Å². The fourth-order valence-electron chi connectivity index (χ4n) is 1.51. The van der Waals surface area contributed by atoms with Crippen molar-refractivity contribution < 1.29 is 4.79 Å². The highest BCUT2D eigenvalue weighted by Crippen LogP contribution is 2.28. The number of nitrogens with two attached hydrogens (primary N) is 1. The molecule has 0 saturated heterocycles. The maximum absolute atomic E-state index is 11.7. The second-order valence-corrected chi connectivity index (χ2v) is 4.43. The molecule has 0 spiro atoms. The number of carbonyl (C=O) groups is 1. The summed E-state index contributed by atoms with van der Waals surface area (Å²) in [4.78, 5) is 22.7. The molecule has 1 heterocycles. The first-order chi connectivity index (χ1) is 8.08. The molecule has 6 heteroatoms. The summed E-state index contributed by atoms with van der Waals surface area (Å²) in [6.07, 6.45) is 4.04. The summed E-state index contributed by atoms with van der Waals surface area (Å²) >= 11 is 0. The van der Waals surface area contributed by atoms with Crippen LogP contribution in [0.4, 0.5) is 5.69 Å². The molecule has 2 rings (SSSR count). The van der Waals surface area contributed by atoms with E-state index in [2.05, 4.69) is 10.4 Å². The number of primary amides is 1. The highest BCUT2D eigenvalue weighted by Gasteiger charge is 2.21. The molecule has 1 aliphatic carbocycles. The summed E-state index contributed by atoms with van der Waals surface area (Å²) < 4.78 is 1.09. The van der Waals surface area contributed by atoms with Crippen LogP contribution in [-0.4, -0.2) is 22.2 Å². The topological polar surface area (TPSA) is 90.0 Å². The van der Waals surface area contributed by atoms with E-state index < -0.39 is 11.9 Å². The molecule has 3 N–H and O–H groups in total. The van der Waals surface area contributed by atoms with Crippen molar-refractivity contribution in [3.63, 3.8) is 0 Å². The van der Waals surface area contributed by atoms with Gasteiger partial charge in [-0.25, -0.2) is 4.68 Å². The normalized spacial score (nSPS) is 16.5. The van der Waals surface area contributed by atoms with Crippen LogP contribution in [0, 0.1) is 5.92 Å². The molecule has 1 amide bonds. The Bertz CT molecular complexity index is 479. The largest absolute Gasteiger partial charge is 0.383 e. The third kappa shape index (κ3) is 2.83. The number of carbonyl (C=O) groups excluding carboxylic acids is 1. The molecule has 1 aliphatic rings. The number of hydrogen-bond donors (Lipinski definition) is 2. The second-order valence-electron chi connectivity index (χ2n) is 4.43. The first kappa shape index (κ1) is 11.6. The van der Waals surface area contributed by atoms with E-state index >= 15 is 0 Å². The number of anilines is 1. The Morgan fingerprint density at radius 3 is 2.94 bits per heavy atom. The Kier molecular flexibility index (Phi) is 3.12. The molecular formula is C11H16N4O2. The number of hydrogen-bond acceptors (Lipinski definition) is 4. The molecule has 0 bridgehead atoms. The number of amides is 1. The molecule has 1 unspecified atom stereocenters. The molecule has 17 heavy (non-hydrogen) atoms. The molecule has 1 aromatic rings. The highest BCUT2D eigenvalue weighted by molar-refractivity contribution is 5.77. The third-order valence-electron chi connectivity index (χ3n) is 2.90. The average molecular weight is 236 g/mol. The summed E-state index contributed by atoms with van der Waals surface area (Å²) in [5.74, 6) is 0.153. The Hall–Kier alpha value is -1.85. The lowest BCUT2D eigenvalue weighted by atomic mass is 10.3. The molecule has 0 aliphatic heterocycles. The molecule has 1 saturated carbocycles. The van der Waals surface area contributed by atoms with Gasteiger partial charge in [-0.15, -0.1) is 0 Å². The van der Waals surface area contributed by atoms with E-state index in [1.807, 2.05) is 0 Å². The molecule has 1 atom stereocenters. The van der Waals surface area contributed by atoms with E-state index in [9.17, 15) is 9.59 Å². The maximum atomic E-state index is 11.7. The summed E-state index contributed by atoms with van der Waals surface area (Å²) in [5.41, 5.74) is 5.49. The molecule has 1 fully saturated rings. The SMILES string of the molecule is CC(C(N)=O)n1ncc(NCC2CC2)cc1=O. The summed E-state index contributed by atoms with van der Waals surface area (Å²) in [6, 6.07) is 0.717. The second kappa shape index (κ2) is 4.57. The lowest BCUT2D eigenvalue weighted by Gasteiger charge is -2.11. The zero-order valence-electron chi connectivity index (χ0n) is 9.72. The summed E-state index contributed by atoms with van der Waals surface area (Å²) in [7, 11) is 0. The molecule has 0 radical (unpaired) electrons. The lowest BCUT2D eigenvalue weighted by Crippen LogP contribution is -2.33. The fourth-order valence-corrected chi connectivity index (χ4v) is 1.51. The predicted octanol–water partition coefficient (Wildman–Crippen LogP) is 0.111. The van der Waals surface area contributed by atoms with Gasteiger partial charge in [0, 0.05) is 12.6 Å². The van der Waals surface area contributed by atoms with Crippen molar-refractivity contribution in [1.82, 2.24) is 9.78 Å². The van der Waals surface area contributed by atoms with Gasteiger partial charge >= 0.3 is 0 Å². The van der Waals surface area contributed by atoms with Crippen molar-refractivity contribution in [2.24, 2.45) is 11.7 Å². The van der Waals surface area contributed by atoms with Gasteiger partial charge in [-0.05, 0) is 25.7 Å². The smallest absolute Gasteiger partial charge is 0.269 e. The summed E-state index contributed by atoms with van der Waals surface area (Å²) in [5, 5.41) is 7.09. The van der Waals surface area contributed by atoms with Crippen LogP contribution in [0.15, 0.2) is 17.1 Å². The minimum Gasteiger partial charge on any atom is -0.383 e. The van der Waals surface area contributed by atoms with Crippen LogP contribution in [0.2, 0.25) is 0 Å². The first-order valence-electron chi connectivity index (χ1n) is 5.70. The van der Waals surface area contributed by atoms with Crippen molar-refractivity contribution in [1.29, 1.82) is 0 Å². The van der Waals surface area contributed by atoms with Gasteiger partial charge in [0.1, 0.15) is 6.04 Å². The van der Waals surface area contributed by atoms with Gasteiger partial charge in [-0.3, -0.25) is 9.59 Å². The lowest BCUT2D eigenvalue weighted by molar-refractivity contribution is -0.121. The van der Waals surface area contributed by atoms with Crippen molar-refractivity contribution in [2.75, 3.05) is 11.9 Å². The summed E-state index contributed by atoms with van der Waals surface area (Å²) in [6.45, 7) is 2.42. The van der Waals surface area contributed by atoms with Gasteiger partial charge in [0.25, 0.3) is 5.56 Å². The van der Waals surface area contributed by atoms with Crippen LogP contribution in [0.3, 0.4) is 0 Å². The van der Waals surface area contributed by atoms with Gasteiger partial charge in [0.2, 0.25) is 5.91 Å². The van der Waals surface area contributed by atoms with E-state index in [-0.39, 0.29) is 5.56 Å². The Balaban J connectivity index is 2.10. The number of nitrogens with one attached hydrogen (secondary N) is 1. The number of rotatable bonds is 5. The molecule has 0 aromatic carbocycles. The molecule has 92 valence electrons. The van der Waals surface area contributed by atoms with Crippen LogP contribution >= 0.6 is 0 Å². The van der Waals surface area contributed by atoms with Crippen LogP contribution in [0.25, 0.3) is 0 Å². The third-order valence-corrected chi connectivity index (χ3v) is 2.90. The van der Waals surface area contributed by atoms with Crippen LogP contribution < -0.4 is 16.6 Å². The van der Waals surface area contributed by atoms with Crippen molar-refractivity contribution >= 4 is 11.6 Å². The van der Waals surface area contributed by atoms with Crippen molar-refractivity contribution in [3.05, 3.63) is 22.6 Å². The van der Waals surface area contributed by atoms with Gasteiger partial charge < -0.3 is 11.1 Å². The first-order valence-corrected chi connectivity index (χ1v) is 5.70. The van der Waals surface area contributed by atoms with Crippen LogP contribution in [-0.2, 0) is 4.79 Å². The predicted molar refractivity (Wildman–Crippen MR) is 63.6 cm³/mol. The van der Waals surface area contributed by atoms with E-state index in [4.69, 9.17) is 5.73 Å². The van der Waals surface area contributed by atoms with Gasteiger partial charge in [-0.1, -0.05) is 0 Å². The average Bonchev–Trinajstić information content (AvgIpc) is 3.09. The fraction of sp³-hybridized carbons (Fsp3) is 0.545. The van der Waals surface area contributed by atoms with Crippen LogP contribution in [0.1, 0.15) is 25.8 Å². The molecule has 6 nitrogen and oxygen atoms in total. The Morgan fingerprint density at radius 1 is 1.71 bits per heavy atom. The van der Waals surface area contributed by atoms with Gasteiger partial charge in [0.15, 0.2) is 0 Å². The Morgan fingerprint density at radius 2 is 2.41 bits per heavy atom.